The highest BCUT2D eigenvalue weighted by molar-refractivity contribution is 7.86. The van der Waals surface area contributed by atoms with Crippen LogP contribution in [0.1, 0.15) is 33.6 Å². The van der Waals surface area contributed by atoms with E-state index in [1.807, 2.05) is 20.8 Å². The Hall–Kier alpha value is -0.170. The third-order valence-corrected chi connectivity index (χ3v) is 5.58. The first-order chi connectivity index (χ1) is 7.93. The van der Waals surface area contributed by atoms with Crippen molar-refractivity contribution in [2.75, 3.05) is 26.2 Å². The van der Waals surface area contributed by atoms with Crippen molar-refractivity contribution in [3.05, 3.63) is 0 Å². The molecule has 0 bridgehead atoms. The van der Waals surface area contributed by atoms with E-state index in [1.54, 1.807) is 8.61 Å². The summed E-state index contributed by atoms with van der Waals surface area (Å²) in [6.07, 6.45) is 1.95. The molecule has 0 aromatic heterocycles. The third kappa shape index (κ3) is 3.40. The molecule has 0 amide bonds. The second kappa shape index (κ2) is 6.13. The van der Waals surface area contributed by atoms with Crippen molar-refractivity contribution in [1.82, 2.24) is 8.61 Å². The fourth-order valence-electron chi connectivity index (χ4n) is 2.37. The van der Waals surface area contributed by atoms with Crippen molar-refractivity contribution in [3.63, 3.8) is 0 Å². The molecule has 5 nitrogen and oxygen atoms in total. The molecule has 1 fully saturated rings. The van der Waals surface area contributed by atoms with E-state index in [1.165, 1.54) is 0 Å². The maximum Gasteiger partial charge on any atom is 0.282 e. The molecule has 0 aliphatic carbocycles. The van der Waals surface area contributed by atoms with Gasteiger partial charge in [0, 0.05) is 25.7 Å². The monoisotopic (exact) mass is 263 g/mol. The molecule has 1 heterocycles. The molecule has 17 heavy (non-hydrogen) atoms. The van der Waals surface area contributed by atoms with Crippen LogP contribution in [0.15, 0.2) is 0 Å². The first-order valence-electron chi connectivity index (χ1n) is 6.40. The van der Waals surface area contributed by atoms with Crippen LogP contribution in [0.3, 0.4) is 0 Å². The number of hydrogen-bond donors (Lipinski definition) is 1. The van der Waals surface area contributed by atoms with Crippen LogP contribution in [0.2, 0.25) is 0 Å². The first-order valence-corrected chi connectivity index (χ1v) is 7.80. The van der Waals surface area contributed by atoms with E-state index in [2.05, 4.69) is 0 Å². The zero-order valence-electron chi connectivity index (χ0n) is 11.1. The van der Waals surface area contributed by atoms with E-state index in [9.17, 15) is 8.42 Å². The Bertz CT molecular complexity index is 330. The maximum atomic E-state index is 12.4. The van der Waals surface area contributed by atoms with E-state index < -0.39 is 10.2 Å². The standard InChI is InChI=1S/C11H25N3O2S/c1-4-14(10(2)3)17(15,16)13-7-5-6-11(8-12)9-13/h10-11H,4-9,12H2,1-3H3. The number of nitrogens with two attached hydrogens (primary N) is 1. The van der Waals surface area contributed by atoms with Gasteiger partial charge in [0.2, 0.25) is 0 Å². The van der Waals surface area contributed by atoms with Crippen molar-refractivity contribution in [2.24, 2.45) is 11.7 Å². The van der Waals surface area contributed by atoms with Gasteiger partial charge < -0.3 is 5.73 Å². The van der Waals surface area contributed by atoms with Gasteiger partial charge in [0.05, 0.1) is 0 Å². The molecule has 2 N–H and O–H groups in total. The topological polar surface area (TPSA) is 66.6 Å². The molecule has 0 aromatic carbocycles. The minimum absolute atomic E-state index is 0.00301. The average Bonchev–Trinajstić information content (AvgIpc) is 2.29. The van der Waals surface area contributed by atoms with Gasteiger partial charge in [-0.25, -0.2) is 0 Å². The number of hydrogen-bond acceptors (Lipinski definition) is 3. The first kappa shape index (κ1) is 14.9. The van der Waals surface area contributed by atoms with E-state index in [4.69, 9.17) is 5.73 Å². The van der Waals surface area contributed by atoms with Crippen LogP contribution in [0.25, 0.3) is 0 Å². The van der Waals surface area contributed by atoms with Gasteiger partial charge in [-0.05, 0) is 39.2 Å². The lowest BCUT2D eigenvalue weighted by Gasteiger charge is -2.36. The van der Waals surface area contributed by atoms with Gasteiger partial charge in [-0.15, -0.1) is 0 Å². The largest absolute Gasteiger partial charge is 0.330 e. The molecule has 0 saturated carbocycles. The quantitative estimate of drug-likeness (QED) is 0.791. The molecule has 102 valence electrons. The average molecular weight is 263 g/mol. The van der Waals surface area contributed by atoms with E-state index in [-0.39, 0.29) is 6.04 Å². The maximum absolute atomic E-state index is 12.4. The molecule has 6 heteroatoms. The summed E-state index contributed by atoms with van der Waals surface area (Å²) in [5, 5.41) is 0. The van der Waals surface area contributed by atoms with E-state index in [0.717, 1.165) is 12.8 Å². The molecule has 1 unspecified atom stereocenters. The van der Waals surface area contributed by atoms with Crippen LogP contribution in [-0.4, -0.2) is 49.2 Å². The minimum Gasteiger partial charge on any atom is -0.330 e. The van der Waals surface area contributed by atoms with Gasteiger partial charge in [0.15, 0.2) is 0 Å². The van der Waals surface area contributed by atoms with E-state index in [0.29, 0.717) is 32.1 Å². The Balaban J connectivity index is 2.82. The summed E-state index contributed by atoms with van der Waals surface area (Å²) in [7, 11) is -3.31. The van der Waals surface area contributed by atoms with Gasteiger partial charge in [0.1, 0.15) is 0 Å². The van der Waals surface area contributed by atoms with Crippen LogP contribution < -0.4 is 5.73 Å². The predicted molar refractivity (Wildman–Crippen MR) is 69.8 cm³/mol. The molecular formula is C11H25N3O2S. The van der Waals surface area contributed by atoms with E-state index >= 15 is 0 Å². The number of piperidine rings is 1. The second-order valence-corrected chi connectivity index (χ2v) is 6.79. The Morgan fingerprint density at radius 3 is 2.59 bits per heavy atom. The lowest BCUT2D eigenvalue weighted by Crippen LogP contribution is -2.50. The van der Waals surface area contributed by atoms with Crippen LogP contribution in [0.5, 0.6) is 0 Å². The van der Waals surface area contributed by atoms with Gasteiger partial charge in [-0.3, -0.25) is 0 Å². The summed E-state index contributed by atoms with van der Waals surface area (Å²) in [5.74, 6) is 0.310. The normalized spacial score (nSPS) is 23.5. The Labute approximate surface area is 105 Å². The fourth-order valence-corrected chi connectivity index (χ4v) is 4.29. The van der Waals surface area contributed by atoms with Crippen LogP contribution in [-0.2, 0) is 10.2 Å². The third-order valence-electron chi connectivity index (χ3n) is 3.33. The Morgan fingerprint density at radius 1 is 1.47 bits per heavy atom. The Morgan fingerprint density at radius 2 is 2.12 bits per heavy atom. The Kier molecular flexibility index (Phi) is 5.37. The highest BCUT2D eigenvalue weighted by Crippen LogP contribution is 2.21. The van der Waals surface area contributed by atoms with Gasteiger partial charge in [-0.2, -0.15) is 17.0 Å². The molecule has 1 rings (SSSR count). The summed E-state index contributed by atoms with van der Waals surface area (Å²) in [5.41, 5.74) is 5.64. The molecule has 0 spiro atoms. The molecule has 1 atom stereocenters. The van der Waals surface area contributed by atoms with Crippen LogP contribution in [0.4, 0.5) is 0 Å². The summed E-state index contributed by atoms with van der Waals surface area (Å²) in [6.45, 7) is 7.98. The van der Waals surface area contributed by atoms with Gasteiger partial charge in [0.25, 0.3) is 10.2 Å². The summed E-state index contributed by atoms with van der Waals surface area (Å²) >= 11 is 0. The molecule has 1 aliphatic rings. The van der Waals surface area contributed by atoms with Crippen molar-refractivity contribution < 1.29 is 8.42 Å². The molecule has 0 aromatic rings. The predicted octanol–water partition coefficient (Wildman–Crippen LogP) is 0.632. The van der Waals surface area contributed by atoms with Crippen LogP contribution >= 0.6 is 0 Å². The summed E-state index contributed by atoms with van der Waals surface area (Å²) in [4.78, 5) is 0. The highest BCUT2D eigenvalue weighted by Gasteiger charge is 2.33. The SMILES string of the molecule is CCN(C(C)C)S(=O)(=O)N1CCCC(CN)C1. The minimum atomic E-state index is -3.31. The van der Waals surface area contributed by atoms with Gasteiger partial charge in [-0.1, -0.05) is 6.92 Å². The van der Waals surface area contributed by atoms with Crippen molar-refractivity contribution in [3.8, 4) is 0 Å². The van der Waals surface area contributed by atoms with Crippen molar-refractivity contribution in [2.45, 2.75) is 39.7 Å². The lowest BCUT2D eigenvalue weighted by molar-refractivity contribution is 0.243. The number of nitrogens with zero attached hydrogens (tertiary/aromatic N) is 2. The van der Waals surface area contributed by atoms with Gasteiger partial charge >= 0.3 is 0 Å². The zero-order chi connectivity index (χ0) is 13.1. The highest BCUT2D eigenvalue weighted by atomic mass is 32.2. The zero-order valence-corrected chi connectivity index (χ0v) is 11.9. The van der Waals surface area contributed by atoms with Crippen molar-refractivity contribution in [1.29, 1.82) is 0 Å². The summed E-state index contributed by atoms with van der Waals surface area (Å²) in [6, 6.07) is 0.00301. The van der Waals surface area contributed by atoms with Crippen molar-refractivity contribution >= 4 is 10.2 Å². The smallest absolute Gasteiger partial charge is 0.282 e. The fraction of sp³-hybridized carbons (Fsp3) is 1.00. The summed E-state index contributed by atoms with van der Waals surface area (Å²) < 4.78 is 28.0. The second-order valence-electron chi connectivity index (χ2n) is 4.91. The number of rotatable bonds is 5. The molecular weight excluding hydrogens is 238 g/mol. The lowest BCUT2D eigenvalue weighted by atomic mass is 10.0. The molecule has 1 aliphatic heterocycles. The van der Waals surface area contributed by atoms with Crippen LogP contribution in [0, 0.1) is 5.92 Å². The molecule has 1 saturated heterocycles. The molecule has 0 radical (unpaired) electrons.